The molecular weight excluding hydrogens is 502 g/mol. The highest BCUT2D eigenvalue weighted by Gasteiger charge is 2.62. The quantitative estimate of drug-likeness (QED) is 0.431. The molecule has 6 nitrogen and oxygen atoms in total. The highest BCUT2D eigenvalue weighted by molar-refractivity contribution is 5.68. The molecule has 1 unspecified atom stereocenters. The van der Waals surface area contributed by atoms with Gasteiger partial charge < -0.3 is 19.1 Å². The molecule has 0 N–H and O–H groups in total. The van der Waals surface area contributed by atoms with Gasteiger partial charge in [0.25, 0.3) is 0 Å². The number of likely N-dealkylation sites (tertiary alicyclic amines) is 2. The summed E-state index contributed by atoms with van der Waals surface area (Å²) in [6.07, 6.45) is 0.950. The largest absolute Gasteiger partial charge is 0.445 e. The van der Waals surface area contributed by atoms with Crippen LogP contribution in [0.5, 0.6) is 0 Å². The molecule has 3 heterocycles. The highest BCUT2D eigenvalue weighted by Crippen LogP contribution is 2.52. The fourth-order valence-electron chi connectivity index (χ4n) is 6.45. The molecule has 0 aromatic heterocycles. The summed E-state index contributed by atoms with van der Waals surface area (Å²) in [5.41, 5.74) is 2.28. The lowest BCUT2D eigenvalue weighted by Gasteiger charge is -2.51. The van der Waals surface area contributed by atoms with E-state index in [0.29, 0.717) is 45.8 Å². The van der Waals surface area contributed by atoms with Gasteiger partial charge in [0.2, 0.25) is 0 Å². The number of carbonyl (C=O) groups excluding carboxylic acids is 1. The number of fused-ring (bicyclic) bond motifs is 1. The Hall–Kier alpha value is -3.33. The molecule has 3 fully saturated rings. The maximum Gasteiger partial charge on any atom is 0.410 e. The SMILES string of the molecule is O=C(OCc1ccccc1)N1CCC2(OCCO2)C2(CCN(C(c3ccc(F)cc3)c3ccc(F)cc3)C2)C1. The van der Waals surface area contributed by atoms with Crippen molar-refractivity contribution in [2.24, 2.45) is 5.41 Å². The first-order valence-electron chi connectivity index (χ1n) is 13.5. The maximum absolute atomic E-state index is 13.8. The van der Waals surface area contributed by atoms with Crippen molar-refractivity contribution < 1.29 is 27.8 Å². The summed E-state index contributed by atoms with van der Waals surface area (Å²) in [6.45, 7) is 3.46. The number of hydrogen-bond donors (Lipinski definition) is 0. The standard InChI is InChI=1S/C31H32F2N2O4/c32-26-10-6-24(7-11-26)28(25-8-12-27(33)13-9-25)34-16-14-30(21-34)22-35(17-15-31(30)38-18-19-39-31)29(36)37-20-23-4-2-1-3-5-23/h1-13,28H,14-22H2. The normalized spacial score (nSPS) is 22.7. The first kappa shape index (κ1) is 25.9. The van der Waals surface area contributed by atoms with Gasteiger partial charge in [-0.25, -0.2) is 13.6 Å². The van der Waals surface area contributed by atoms with Crippen LogP contribution in [0.4, 0.5) is 13.6 Å². The number of hydrogen-bond acceptors (Lipinski definition) is 5. The minimum absolute atomic E-state index is 0.213. The lowest BCUT2D eigenvalue weighted by molar-refractivity contribution is -0.258. The average molecular weight is 535 g/mol. The minimum atomic E-state index is -0.784. The van der Waals surface area contributed by atoms with E-state index in [-0.39, 0.29) is 30.4 Å². The van der Waals surface area contributed by atoms with Crippen molar-refractivity contribution in [2.45, 2.75) is 31.3 Å². The van der Waals surface area contributed by atoms with E-state index >= 15 is 0 Å². The summed E-state index contributed by atoms with van der Waals surface area (Å²) in [5.74, 6) is -1.40. The van der Waals surface area contributed by atoms with Crippen molar-refractivity contribution in [2.75, 3.05) is 39.4 Å². The van der Waals surface area contributed by atoms with Crippen molar-refractivity contribution in [3.8, 4) is 0 Å². The van der Waals surface area contributed by atoms with Crippen molar-refractivity contribution in [1.29, 1.82) is 0 Å². The summed E-state index contributed by atoms with van der Waals surface area (Å²) in [5, 5.41) is 0. The Morgan fingerprint density at radius 1 is 0.821 bits per heavy atom. The molecule has 39 heavy (non-hydrogen) atoms. The van der Waals surface area contributed by atoms with Crippen LogP contribution >= 0.6 is 0 Å². The molecule has 3 aliphatic heterocycles. The molecule has 0 radical (unpaired) electrons. The molecule has 1 amide bonds. The van der Waals surface area contributed by atoms with Gasteiger partial charge in [0, 0.05) is 26.1 Å². The Labute approximate surface area is 227 Å². The van der Waals surface area contributed by atoms with E-state index < -0.39 is 11.2 Å². The molecular formula is C31H32F2N2O4. The van der Waals surface area contributed by atoms with Gasteiger partial charge in [0.15, 0.2) is 5.79 Å². The van der Waals surface area contributed by atoms with Gasteiger partial charge in [0.05, 0.1) is 24.7 Å². The number of carbonyl (C=O) groups is 1. The molecule has 0 bridgehead atoms. The highest BCUT2D eigenvalue weighted by atomic mass is 19.1. The van der Waals surface area contributed by atoms with Crippen LogP contribution in [0.25, 0.3) is 0 Å². The molecule has 3 aromatic rings. The van der Waals surface area contributed by atoms with E-state index in [9.17, 15) is 13.6 Å². The molecule has 0 saturated carbocycles. The number of halogens is 2. The molecule has 3 aromatic carbocycles. The number of piperidine rings is 1. The fourth-order valence-corrected chi connectivity index (χ4v) is 6.45. The molecule has 6 rings (SSSR count). The van der Waals surface area contributed by atoms with Crippen LogP contribution in [-0.2, 0) is 20.8 Å². The van der Waals surface area contributed by atoms with Crippen LogP contribution in [0.15, 0.2) is 78.9 Å². The monoisotopic (exact) mass is 534 g/mol. The lowest BCUT2D eigenvalue weighted by atomic mass is 9.73. The van der Waals surface area contributed by atoms with Crippen molar-refractivity contribution in [3.63, 3.8) is 0 Å². The molecule has 0 aliphatic carbocycles. The Morgan fingerprint density at radius 3 is 2.05 bits per heavy atom. The smallest absolute Gasteiger partial charge is 0.410 e. The Balaban J connectivity index is 1.27. The summed E-state index contributed by atoms with van der Waals surface area (Å²) in [7, 11) is 0. The van der Waals surface area contributed by atoms with E-state index in [1.165, 1.54) is 24.3 Å². The molecule has 3 saturated heterocycles. The van der Waals surface area contributed by atoms with E-state index in [0.717, 1.165) is 23.1 Å². The number of ether oxygens (including phenoxy) is 3. The first-order valence-corrected chi connectivity index (χ1v) is 13.5. The summed E-state index contributed by atoms with van der Waals surface area (Å²) in [6, 6.07) is 22.3. The zero-order chi connectivity index (χ0) is 26.9. The number of amides is 1. The predicted molar refractivity (Wildman–Crippen MR) is 141 cm³/mol. The Kier molecular flexibility index (Phi) is 7.10. The van der Waals surface area contributed by atoms with Crippen molar-refractivity contribution in [3.05, 3.63) is 107 Å². The molecule has 204 valence electrons. The third kappa shape index (κ3) is 5.04. The van der Waals surface area contributed by atoms with Gasteiger partial charge >= 0.3 is 6.09 Å². The summed E-state index contributed by atoms with van der Waals surface area (Å²) >= 11 is 0. The van der Waals surface area contributed by atoms with E-state index in [2.05, 4.69) is 4.90 Å². The summed E-state index contributed by atoms with van der Waals surface area (Å²) < 4.78 is 45.9. The Bertz CT molecular complexity index is 1240. The van der Waals surface area contributed by atoms with Crippen molar-refractivity contribution >= 4 is 6.09 Å². The number of rotatable bonds is 5. The number of benzene rings is 3. The summed E-state index contributed by atoms with van der Waals surface area (Å²) in [4.78, 5) is 17.3. The minimum Gasteiger partial charge on any atom is -0.445 e. The topological polar surface area (TPSA) is 51.2 Å². The van der Waals surface area contributed by atoms with Crippen LogP contribution in [-0.4, -0.2) is 61.1 Å². The lowest BCUT2D eigenvalue weighted by Crippen LogP contribution is -2.62. The average Bonchev–Trinajstić information content (AvgIpc) is 3.61. The van der Waals surface area contributed by atoms with Gasteiger partial charge in [-0.2, -0.15) is 0 Å². The van der Waals surface area contributed by atoms with Gasteiger partial charge in [0.1, 0.15) is 18.2 Å². The van der Waals surface area contributed by atoms with E-state index in [1.807, 2.05) is 30.3 Å². The Morgan fingerprint density at radius 2 is 1.44 bits per heavy atom. The second-order valence-electron chi connectivity index (χ2n) is 10.7. The van der Waals surface area contributed by atoms with Crippen LogP contribution in [0, 0.1) is 17.0 Å². The second kappa shape index (κ2) is 10.7. The molecule has 2 spiro atoms. The van der Waals surface area contributed by atoms with Gasteiger partial charge in [-0.05, 0) is 53.9 Å². The first-order chi connectivity index (χ1) is 19.0. The molecule has 1 atom stereocenters. The van der Waals surface area contributed by atoms with Crippen LogP contribution in [0.1, 0.15) is 35.6 Å². The third-order valence-corrected chi connectivity index (χ3v) is 8.35. The predicted octanol–water partition coefficient (Wildman–Crippen LogP) is 5.53. The van der Waals surface area contributed by atoms with Gasteiger partial charge in [-0.3, -0.25) is 4.90 Å². The zero-order valence-electron chi connectivity index (χ0n) is 21.7. The van der Waals surface area contributed by atoms with Gasteiger partial charge in [-0.15, -0.1) is 0 Å². The van der Waals surface area contributed by atoms with Crippen LogP contribution in [0.2, 0.25) is 0 Å². The molecule has 3 aliphatic rings. The van der Waals surface area contributed by atoms with E-state index in [4.69, 9.17) is 14.2 Å². The maximum atomic E-state index is 13.8. The van der Waals surface area contributed by atoms with Gasteiger partial charge in [-0.1, -0.05) is 54.6 Å². The second-order valence-corrected chi connectivity index (χ2v) is 10.7. The van der Waals surface area contributed by atoms with E-state index in [1.54, 1.807) is 29.2 Å². The van der Waals surface area contributed by atoms with Crippen LogP contribution < -0.4 is 0 Å². The van der Waals surface area contributed by atoms with Crippen LogP contribution in [0.3, 0.4) is 0 Å². The third-order valence-electron chi connectivity index (χ3n) is 8.35. The zero-order valence-corrected chi connectivity index (χ0v) is 21.7. The molecule has 8 heteroatoms. The number of nitrogens with zero attached hydrogens (tertiary/aromatic N) is 2. The van der Waals surface area contributed by atoms with Crippen molar-refractivity contribution in [1.82, 2.24) is 9.80 Å². The fraction of sp³-hybridized carbons (Fsp3) is 0.387.